The fraction of sp³-hybridized carbons (Fsp3) is 0.619. The van der Waals surface area contributed by atoms with Crippen molar-refractivity contribution in [1.82, 2.24) is 4.90 Å². The van der Waals surface area contributed by atoms with E-state index in [4.69, 9.17) is 9.47 Å². The van der Waals surface area contributed by atoms with Gasteiger partial charge in [-0.3, -0.25) is 9.59 Å². The van der Waals surface area contributed by atoms with Crippen LogP contribution in [0.1, 0.15) is 38.5 Å². The molecule has 27 heavy (non-hydrogen) atoms. The zero-order chi connectivity index (χ0) is 18.4. The van der Waals surface area contributed by atoms with Crippen LogP contribution in [-0.2, 0) is 9.59 Å². The molecule has 0 spiro atoms. The number of likely N-dealkylation sites (tertiary alicyclic amines) is 1. The minimum absolute atomic E-state index is 0.0137. The topological polar surface area (TPSA) is 59.1 Å². The Hall–Kier alpha value is -2.24. The predicted molar refractivity (Wildman–Crippen MR) is 99.7 cm³/mol. The van der Waals surface area contributed by atoms with Gasteiger partial charge in [0.2, 0.25) is 18.6 Å². The Morgan fingerprint density at radius 1 is 1.00 bits per heavy atom. The average molecular weight is 370 g/mol. The number of hydrogen-bond donors (Lipinski definition) is 0. The molecule has 0 N–H and O–H groups in total. The number of anilines is 1. The standard InChI is InChI=1S/C21H26N2O4/c24-20-9-16(12-23(20)17-5-6-18-19(10-17)27-13-26-18)21(25)22-8-7-14-3-1-2-4-15(14)11-22/h5-6,10,14-16H,1-4,7-9,11-13H2/t14-,15-,16+/m0/s1. The first-order valence-electron chi connectivity index (χ1n) is 10.2. The first-order chi connectivity index (χ1) is 13.2. The number of piperidine rings is 1. The molecule has 4 aliphatic rings. The smallest absolute Gasteiger partial charge is 0.231 e. The maximum Gasteiger partial charge on any atom is 0.231 e. The van der Waals surface area contributed by atoms with Crippen LogP contribution in [-0.4, -0.2) is 43.1 Å². The fourth-order valence-corrected chi connectivity index (χ4v) is 5.23. The Bertz CT molecular complexity index is 765. The number of carbonyl (C=O) groups is 2. The Labute approximate surface area is 159 Å². The van der Waals surface area contributed by atoms with Crippen molar-refractivity contribution in [3.63, 3.8) is 0 Å². The summed E-state index contributed by atoms with van der Waals surface area (Å²) in [5.41, 5.74) is 0.783. The summed E-state index contributed by atoms with van der Waals surface area (Å²) >= 11 is 0. The van der Waals surface area contributed by atoms with Gasteiger partial charge in [-0.15, -0.1) is 0 Å². The second-order valence-corrected chi connectivity index (χ2v) is 8.32. The molecule has 3 atom stereocenters. The highest BCUT2D eigenvalue weighted by Crippen LogP contribution is 2.39. The lowest BCUT2D eigenvalue weighted by atomic mass is 9.75. The van der Waals surface area contributed by atoms with E-state index in [9.17, 15) is 9.59 Å². The van der Waals surface area contributed by atoms with Gasteiger partial charge in [0.05, 0.1) is 5.92 Å². The highest BCUT2D eigenvalue weighted by Gasteiger charge is 2.40. The zero-order valence-electron chi connectivity index (χ0n) is 15.6. The number of amides is 2. The molecular formula is C21H26N2O4. The Morgan fingerprint density at radius 3 is 2.70 bits per heavy atom. The number of nitrogens with zero attached hydrogens (tertiary/aromatic N) is 2. The summed E-state index contributed by atoms with van der Waals surface area (Å²) in [6, 6.07) is 5.53. The predicted octanol–water partition coefficient (Wildman–Crippen LogP) is 2.81. The second-order valence-electron chi connectivity index (χ2n) is 8.32. The molecule has 3 heterocycles. The number of benzene rings is 1. The monoisotopic (exact) mass is 370 g/mol. The molecule has 3 aliphatic heterocycles. The molecule has 2 amide bonds. The second kappa shape index (κ2) is 6.73. The minimum Gasteiger partial charge on any atom is -0.454 e. The quantitative estimate of drug-likeness (QED) is 0.803. The van der Waals surface area contributed by atoms with Crippen molar-refractivity contribution >= 4 is 17.5 Å². The van der Waals surface area contributed by atoms with Crippen LogP contribution in [0.5, 0.6) is 11.5 Å². The van der Waals surface area contributed by atoms with Crippen LogP contribution in [0, 0.1) is 17.8 Å². The van der Waals surface area contributed by atoms with E-state index in [0.717, 1.165) is 31.1 Å². The highest BCUT2D eigenvalue weighted by molar-refractivity contribution is 6.00. The molecule has 6 nitrogen and oxygen atoms in total. The molecule has 1 saturated carbocycles. The highest BCUT2D eigenvalue weighted by atomic mass is 16.7. The lowest BCUT2D eigenvalue weighted by Gasteiger charge is -2.42. The molecule has 1 aromatic carbocycles. The summed E-state index contributed by atoms with van der Waals surface area (Å²) in [5.74, 6) is 2.78. The number of fused-ring (bicyclic) bond motifs is 2. The van der Waals surface area contributed by atoms with Crippen molar-refractivity contribution in [3.8, 4) is 11.5 Å². The van der Waals surface area contributed by atoms with E-state index >= 15 is 0 Å². The Balaban J connectivity index is 1.27. The lowest BCUT2D eigenvalue weighted by molar-refractivity contribution is -0.138. The molecule has 6 heteroatoms. The number of ether oxygens (including phenoxy) is 2. The van der Waals surface area contributed by atoms with E-state index in [-0.39, 0.29) is 24.5 Å². The molecule has 1 aromatic rings. The third-order valence-electron chi connectivity index (χ3n) is 6.74. The van der Waals surface area contributed by atoms with Gasteiger partial charge in [0.25, 0.3) is 0 Å². The summed E-state index contributed by atoms with van der Waals surface area (Å²) in [4.78, 5) is 29.4. The van der Waals surface area contributed by atoms with Crippen LogP contribution in [0.3, 0.4) is 0 Å². The van der Waals surface area contributed by atoms with Crippen LogP contribution in [0.4, 0.5) is 5.69 Å². The van der Waals surface area contributed by atoms with E-state index in [1.165, 1.54) is 25.7 Å². The van der Waals surface area contributed by atoms with Gasteiger partial charge in [-0.2, -0.15) is 0 Å². The third kappa shape index (κ3) is 3.05. The van der Waals surface area contributed by atoms with E-state index in [0.29, 0.717) is 30.4 Å². The summed E-state index contributed by atoms with van der Waals surface area (Å²) in [6.07, 6.45) is 6.65. The van der Waals surface area contributed by atoms with Crippen LogP contribution in [0.2, 0.25) is 0 Å². The molecule has 5 rings (SSSR count). The van der Waals surface area contributed by atoms with Crippen molar-refractivity contribution in [2.75, 3.05) is 31.3 Å². The zero-order valence-corrected chi connectivity index (χ0v) is 15.6. The molecule has 3 fully saturated rings. The summed E-state index contributed by atoms with van der Waals surface area (Å²) in [7, 11) is 0. The molecular weight excluding hydrogens is 344 g/mol. The molecule has 0 radical (unpaired) electrons. The number of carbonyl (C=O) groups excluding carboxylic acids is 2. The number of rotatable bonds is 2. The van der Waals surface area contributed by atoms with Crippen LogP contribution in [0.15, 0.2) is 18.2 Å². The van der Waals surface area contributed by atoms with E-state index in [2.05, 4.69) is 0 Å². The first kappa shape index (κ1) is 16.9. The van der Waals surface area contributed by atoms with Gasteiger partial charge in [0, 0.05) is 37.8 Å². The van der Waals surface area contributed by atoms with Crippen molar-refractivity contribution < 1.29 is 19.1 Å². The average Bonchev–Trinajstić information content (AvgIpc) is 3.32. The summed E-state index contributed by atoms with van der Waals surface area (Å²) in [5, 5.41) is 0. The first-order valence-corrected chi connectivity index (χ1v) is 10.2. The normalized spacial score (nSPS) is 29.8. The molecule has 1 aliphatic carbocycles. The lowest BCUT2D eigenvalue weighted by Crippen LogP contribution is -2.47. The van der Waals surface area contributed by atoms with Crippen molar-refractivity contribution in [2.45, 2.75) is 38.5 Å². The molecule has 0 unspecified atom stereocenters. The third-order valence-corrected chi connectivity index (χ3v) is 6.74. The van der Waals surface area contributed by atoms with Crippen molar-refractivity contribution in [1.29, 1.82) is 0 Å². The van der Waals surface area contributed by atoms with Gasteiger partial charge >= 0.3 is 0 Å². The van der Waals surface area contributed by atoms with E-state index in [1.54, 1.807) is 4.90 Å². The molecule has 0 bridgehead atoms. The van der Waals surface area contributed by atoms with Gasteiger partial charge in [0.15, 0.2) is 11.5 Å². The van der Waals surface area contributed by atoms with Crippen LogP contribution < -0.4 is 14.4 Å². The van der Waals surface area contributed by atoms with Crippen molar-refractivity contribution in [3.05, 3.63) is 18.2 Å². The van der Waals surface area contributed by atoms with Crippen LogP contribution in [0.25, 0.3) is 0 Å². The van der Waals surface area contributed by atoms with E-state index < -0.39 is 0 Å². The minimum atomic E-state index is -0.233. The van der Waals surface area contributed by atoms with Gasteiger partial charge < -0.3 is 19.3 Å². The van der Waals surface area contributed by atoms with Crippen LogP contribution >= 0.6 is 0 Å². The SMILES string of the molecule is O=C([C@@H]1CC(=O)N(c2ccc3c(c2)OCO3)C1)N1CC[C@@H]2CCCC[C@H]2C1. The fourth-order valence-electron chi connectivity index (χ4n) is 5.23. The van der Waals surface area contributed by atoms with Gasteiger partial charge in [0.1, 0.15) is 0 Å². The van der Waals surface area contributed by atoms with Gasteiger partial charge in [-0.05, 0) is 36.8 Å². The van der Waals surface area contributed by atoms with Gasteiger partial charge in [-0.1, -0.05) is 19.3 Å². The van der Waals surface area contributed by atoms with Crippen molar-refractivity contribution in [2.24, 2.45) is 17.8 Å². The molecule has 2 saturated heterocycles. The maximum absolute atomic E-state index is 13.1. The summed E-state index contributed by atoms with van der Waals surface area (Å²) in [6.45, 7) is 2.42. The Kier molecular flexibility index (Phi) is 4.21. The Morgan fingerprint density at radius 2 is 1.81 bits per heavy atom. The molecule has 0 aromatic heterocycles. The molecule has 144 valence electrons. The van der Waals surface area contributed by atoms with Gasteiger partial charge in [-0.25, -0.2) is 0 Å². The number of hydrogen-bond acceptors (Lipinski definition) is 4. The van der Waals surface area contributed by atoms with E-state index in [1.807, 2.05) is 23.1 Å². The maximum atomic E-state index is 13.1. The summed E-state index contributed by atoms with van der Waals surface area (Å²) < 4.78 is 10.8. The largest absolute Gasteiger partial charge is 0.454 e.